The van der Waals surface area contributed by atoms with Gasteiger partial charge in [-0.15, -0.1) is 0 Å². The van der Waals surface area contributed by atoms with Crippen molar-refractivity contribution in [2.45, 2.75) is 13.0 Å². The zero-order valence-corrected chi connectivity index (χ0v) is 8.36. The monoisotopic (exact) mass is 190 g/mol. The van der Waals surface area contributed by atoms with Crippen molar-refractivity contribution in [3.05, 3.63) is 36.2 Å². The number of hydrogen-bond acceptors (Lipinski definition) is 1. The van der Waals surface area contributed by atoms with E-state index in [2.05, 4.69) is 17.2 Å². The molecular formula is C11H14N2O. The van der Waals surface area contributed by atoms with Crippen LogP contribution in [0, 0.1) is 0 Å². The standard InChI is InChI=1S/C11H14N2O/c1-3-11(14)13-7-5-9-4-6-12(2)10(9)8-13/h3-4,6H,1,5,7-8H2,2H3. The predicted octanol–water partition coefficient (Wildman–Crippen LogP) is 1.10. The van der Waals surface area contributed by atoms with Gasteiger partial charge in [0.2, 0.25) is 5.91 Å². The van der Waals surface area contributed by atoms with E-state index in [0.717, 1.165) is 13.0 Å². The molecule has 14 heavy (non-hydrogen) atoms. The van der Waals surface area contributed by atoms with Crippen molar-refractivity contribution in [3.8, 4) is 0 Å². The molecule has 0 spiro atoms. The topological polar surface area (TPSA) is 25.2 Å². The number of rotatable bonds is 1. The molecular weight excluding hydrogens is 176 g/mol. The van der Waals surface area contributed by atoms with Gasteiger partial charge in [0.25, 0.3) is 0 Å². The Morgan fingerprint density at radius 1 is 1.64 bits per heavy atom. The lowest BCUT2D eigenvalue weighted by atomic mass is 10.1. The number of nitrogens with zero attached hydrogens (tertiary/aromatic N) is 2. The molecule has 0 fully saturated rings. The van der Waals surface area contributed by atoms with Gasteiger partial charge >= 0.3 is 0 Å². The fourth-order valence-electron chi connectivity index (χ4n) is 1.89. The highest BCUT2D eigenvalue weighted by molar-refractivity contribution is 5.87. The maximum absolute atomic E-state index is 11.4. The SMILES string of the molecule is C=CC(=O)N1CCc2ccn(C)c2C1. The number of carbonyl (C=O) groups excluding carboxylic acids is 1. The van der Waals surface area contributed by atoms with Crippen molar-refractivity contribution >= 4 is 5.91 Å². The van der Waals surface area contributed by atoms with Crippen LogP contribution in [-0.2, 0) is 24.8 Å². The Morgan fingerprint density at radius 3 is 3.14 bits per heavy atom. The smallest absolute Gasteiger partial charge is 0.246 e. The molecule has 0 aliphatic carbocycles. The summed E-state index contributed by atoms with van der Waals surface area (Å²) in [5.41, 5.74) is 2.60. The van der Waals surface area contributed by atoms with E-state index >= 15 is 0 Å². The molecule has 1 aliphatic rings. The van der Waals surface area contributed by atoms with Crippen LogP contribution in [-0.4, -0.2) is 21.9 Å². The molecule has 0 saturated heterocycles. The predicted molar refractivity (Wildman–Crippen MR) is 54.7 cm³/mol. The first kappa shape index (κ1) is 9.06. The lowest BCUT2D eigenvalue weighted by molar-refractivity contribution is -0.126. The van der Waals surface area contributed by atoms with Gasteiger partial charge < -0.3 is 9.47 Å². The molecule has 74 valence electrons. The number of fused-ring (bicyclic) bond motifs is 1. The molecule has 1 aliphatic heterocycles. The van der Waals surface area contributed by atoms with Crippen LogP contribution < -0.4 is 0 Å². The number of hydrogen-bond donors (Lipinski definition) is 0. The second kappa shape index (κ2) is 3.33. The van der Waals surface area contributed by atoms with E-state index < -0.39 is 0 Å². The van der Waals surface area contributed by atoms with Crippen molar-refractivity contribution in [3.63, 3.8) is 0 Å². The van der Waals surface area contributed by atoms with Crippen molar-refractivity contribution < 1.29 is 4.79 Å². The second-order valence-corrected chi connectivity index (χ2v) is 3.61. The van der Waals surface area contributed by atoms with E-state index in [1.54, 1.807) is 0 Å². The molecule has 0 unspecified atom stereocenters. The molecule has 0 saturated carbocycles. The normalized spacial score (nSPS) is 15.1. The molecule has 3 nitrogen and oxygen atoms in total. The van der Waals surface area contributed by atoms with Crippen molar-refractivity contribution in [2.24, 2.45) is 7.05 Å². The Morgan fingerprint density at radius 2 is 2.43 bits per heavy atom. The minimum absolute atomic E-state index is 0.0249. The fraction of sp³-hybridized carbons (Fsp3) is 0.364. The van der Waals surface area contributed by atoms with Gasteiger partial charge in [0, 0.05) is 25.5 Å². The molecule has 0 bridgehead atoms. The summed E-state index contributed by atoms with van der Waals surface area (Å²) in [6.07, 6.45) is 4.39. The Hall–Kier alpha value is -1.51. The highest BCUT2D eigenvalue weighted by Crippen LogP contribution is 2.19. The zero-order chi connectivity index (χ0) is 10.1. The van der Waals surface area contributed by atoms with Crippen molar-refractivity contribution in [2.75, 3.05) is 6.54 Å². The van der Waals surface area contributed by atoms with Gasteiger partial charge in [0.1, 0.15) is 0 Å². The summed E-state index contributed by atoms with van der Waals surface area (Å²) < 4.78 is 2.08. The minimum atomic E-state index is 0.0249. The Balaban J connectivity index is 2.24. The van der Waals surface area contributed by atoms with Gasteiger partial charge in [-0.2, -0.15) is 0 Å². The lowest BCUT2D eigenvalue weighted by Crippen LogP contribution is -2.35. The summed E-state index contributed by atoms with van der Waals surface area (Å²) in [4.78, 5) is 13.2. The van der Waals surface area contributed by atoms with Gasteiger partial charge in [0.05, 0.1) is 6.54 Å². The van der Waals surface area contributed by atoms with Gasteiger partial charge in [-0.3, -0.25) is 4.79 Å². The number of carbonyl (C=O) groups is 1. The average molecular weight is 190 g/mol. The summed E-state index contributed by atoms with van der Waals surface area (Å²) in [6.45, 7) is 5.02. The maximum Gasteiger partial charge on any atom is 0.246 e. The third kappa shape index (κ3) is 1.35. The number of amides is 1. The second-order valence-electron chi connectivity index (χ2n) is 3.61. The summed E-state index contributed by atoms with van der Waals surface area (Å²) >= 11 is 0. The first-order valence-corrected chi connectivity index (χ1v) is 4.77. The van der Waals surface area contributed by atoms with Gasteiger partial charge in [0.15, 0.2) is 0 Å². The molecule has 1 amide bonds. The zero-order valence-electron chi connectivity index (χ0n) is 8.36. The van der Waals surface area contributed by atoms with Crippen LogP contribution in [0.1, 0.15) is 11.3 Å². The van der Waals surface area contributed by atoms with Gasteiger partial charge in [-0.1, -0.05) is 6.58 Å². The van der Waals surface area contributed by atoms with Crippen LogP contribution in [0.2, 0.25) is 0 Å². The van der Waals surface area contributed by atoms with Crippen LogP contribution >= 0.6 is 0 Å². The van der Waals surface area contributed by atoms with E-state index in [4.69, 9.17) is 0 Å². The molecule has 0 aromatic carbocycles. The van der Waals surface area contributed by atoms with Crippen LogP contribution in [0.25, 0.3) is 0 Å². The highest BCUT2D eigenvalue weighted by Gasteiger charge is 2.20. The Bertz CT molecular complexity index is 379. The largest absolute Gasteiger partial charge is 0.353 e. The molecule has 1 aromatic heterocycles. The summed E-state index contributed by atoms with van der Waals surface area (Å²) in [7, 11) is 2.01. The molecule has 1 aromatic rings. The van der Waals surface area contributed by atoms with E-state index in [0.29, 0.717) is 6.54 Å². The lowest BCUT2D eigenvalue weighted by Gasteiger charge is -2.26. The fourth-order valence-corrected chi connectivity index (χ4v) is 1.89. The average Bonchev–Trinajstić information content (AvgIpc) is 2.59. The van der Waals surface area contributed by atoms with Gasteiger partial charge in [-0.25, -0.2) is 0 Å². The van der Waals surface area contributed by atoms with Crippen LogP contribution in [0.3, 0.4) is 0 Å². The van der Waals surface area contributed by atoms with Crippen LogP contribution in [0.5, 0.6) is 0 Å². The molecule has 0 radical (unpaired) electrons. The first-order chi connectivity index (χ1) is 6.72. The molecule has 2 rings (SSSR count). The Kier molecular flexibility index (Phi) is 2.15. The summed E-state index contributed by atoms with van der Waals surface area (Å²) in [5, 5.41) is 0. The summed E-state index contributed by atoms with van der Waals surface area (Å²) in [5.74, 6) is 0.0249. The van der Waals surface area contributed by atoms with Crippen molar-refractivity contribution in [1.82, 2.24) is 9.47 Å². The number of aryl methyl sites for hydroxylation is 1. The van der Waals surface area contributed by atoms with E-state index in [1.165, 1.54) is 17.3 Å². The third-order valence-corrected chi connectivity index (χ3v) is 2.77. The molecule has 0 N–H and O–H groups in total. The van der Waals surface area contributed by atoms with Gasteiger partial charge in [-0.05, 0) is 24.1 Å². The Labute approximate surface area is 83.6 Å². The van der Waals surface area contributed by atoms with E-state index in [-0.39, 0.29) is 5.91 Å². The number of aromatic nitrogens is 1. The summed E-state index contributed by atoms with van der Waals surface area (Å²) in [6, 6.07) is 2.13. The van der Waals surface area contributed by atoms with E-state index in [1.807, 2.05) is 18.1 Å². The highest BCUT2D eigenvalue weighted by atomic mass is 16.2. The molecule has 0 atom stereocenters. The third-order valence-electron chi connectivity index (χ3n) is 2.77. The van der Waals surface area contributed by atoms with Crippen molar-refractivity contribution in [1.29, 1.82) is 0 Å². The molecule has 3 heteroatoms. The van der Waals surface area contributed by atoms with Crippen LogP contribution in [0.4, 0.5) is 0 Å². The first-order valence-electron chi connectivity index (χ1n) is 4.77. The quantitative estimate of drug-likeness (QED) is 0.609. The van der Waals surface area contributed by atoms with E-state index in [9.17, 15) is 4.79 Å². The minimum Gasteiger partial charge on any atom is -0.353 e. The van der Waals surface area contributed by atoms with Crippen LogP contribution in [0.15, 0.2) is 24.9 Å². The molecule has 2 heterocycles. The maximum atomic E-state index is 11.4.